The van der Waals surface area contributed by atoms with E-state index in [1.165, 1.54) is 11.8 Å². The van der Waals surface area contributed by atoms with E-state index in [9.17, 15) is 4.79 Å². The molecule has 0 aliphatic carbocycles. The summed E-state index contributed by atoms with van der Waals surface area (Å²) < 4.78 is 0. The van der Waals surface area contributed by atoms with E-state index in [1.807, 2.05) is 23.1 Å². The lowest BCUT2D eigenvalue weighted by Crippen LogP contribution is -2.48. The topological polar surface area (TPSA) is 65.1 Å². The van der Waals surface area contributed by atoms with Crippen LogP contribution in [0.1, 0.15) is 16.1 Å². The molecule has 1 saturated heterocycles. The Morgan fingerprint density at radius 3 is 2.64 bits per heavy atom. The van der Waals surface area contributed by atoms with Crippen LogP contribution in [0.3, 0.4) is 0 Å². The van der Waals surface area contributed by atoms with Crippen LogP contribution in [0, 0.1) is 0 Å². The van der Waals surface area contributed by atoms with Crippen LogP contribution in [0.15, 0.2) is 42.6 Å². The molecule has 1 aliphatic heterocycles. The summed E-state index contributed by atoms with van der Waals surface area (Å²) in [4.78, 5) is 16.3. The molecular weight excluding hydrogens is 278 g/mol. The average Bonchev–Trinajstić information content (AvgIpc) is 3.10. The smallest absolute Gasteiger partial charge is 0.276 e. The first kappa shape index (κ1) is 14.5. The Morgan fingerprint density at radius 1 is 1.18 bits per heavy atom. The van der Waals surface area contributed by atoms with Crippen LogP contribution in [-0.4, -0.2) is 63.8 Å². The van der Waals surface area contributed by atoms with Gasteiger partial charge in [-0.15, -0.1) is 0 Å². The Morgan fingerprint density at radius 2 is 1.95 bits per heavy atom. The maximum Gasteiger partial charge on any atom is 0.276 e. The van der Waals surface area contributed by atoms with E-state index in [-0.39, 0.29) is 5.91 Å². The first-order chi connectivity index (χ1) is 10.8. The Balaban J connectivity index is 1.46. The fourth-order valence-corrected chi connectivity index (χ4v) is 2.50. The zero-order valence-electron chi connectivity index (χ0n) is 12.4. The van der Waals surface area contributed by atoms with Crippen LogP contribution >= 0.6 is 0 Å². The first-order valence-corrected chi connectivity index (χ1v) is 7.42. The predicted molar refractivity (Wildman–Crippen MR) is 84.2 cm³/mol. The zero-order chi connectivity index (χ0) is 15.2. The molecule has 0 spiro atoms. The zero-order valence-corrected chi connectivity index (χ0v) is 12.4. The predicted octanol–water partition coefficient (Wildman–Crippen LogP) is 1.28. The van der Waals surface area contributed by atoms with Crippen molar-refractivity contribution in [2.45, 2.75) is 0 Å². The highest BCUT2D eigenvalue weighted by molar-refractivity contribution is 5.91. The number of amides is 1. The summed E-state index contributed by atoms with van der Waals surface area (Å²) in [5.74, 6) is -0.0479. The van der Waals surface area contributed by atoms with E-state index in [4.69, 9.17) is 0 Å². The molecule has 0 atom stereocenters. The van der Waals surface area contributed by atoms with E-state index in [0.717, 1.165) is 32.7 Å². The van der Waals surface area contributed by atoms with Crippen molar-refractivity contribution in [1.29, 1.82) is 0 Å². The minimum Gasteiger partial charge on any atom is -0.335 e. The van der Waals surface area contributed by atoms with Crippen molar-refractivity contribution in [1.82, 2.24) is 25.2 Å². The van der Waals surface area contributed by atoms with Crippen molar-refractivity contribution in [3.63, 3.8) is 0 Å². The van der Waals surface area contributed by atoms with Gasteiger partial charge in [-0.3, -0.25) is 9.69 Å². The number of nitrogens with one attached hydrogen (secondary N) is 1. The second-order valence-electron chi connectivity index (χ2n) is 5.26. The number of benzene rings is 1. The van der Waals surface area contributed by atoms with Crippen molar-refractivity contribution in [3.8, 4) is 0 Å². The molecule has 114 valence electrons. The molecule has 1 aromatic carbocycles. The van der Waals surface area contributed by atoms with E-state index >= 15 is 0 Å². The molecule has 1 N–H and O–H groups in total. The lowest BCUT2D eigenvalue weighted by atomic mass is 10.2. The van der Waals surface area contributed by atoms with Gasteiger partial charge in [0.15, 0.2) is 5.69 Å². The van der Waals surface area contributed by atoms with Gasteiger partial charge in [0.2, 0.25) is 0 Å². The fourth-order valence-electron chi connectivity index (χ4n) is 2.50. The Hall–Kier alpha value is -2.47. The van der Waals surface area contributed by atoms with E-state index in [1.54, 1.807) is 0 Å². The molecular formula is C16H19N5O. The van der Waals surface area contributed by atoms with Gasteiger partial charge in [0.1, 0.15) is 0 Å². The second kappa shape index (κ2) is 7.00. The molecule has 0 bridgehead atoms. The summed E-state index contributed by atoms with van der Waals surface area (Å²) in [5, 5.41) is 10.00. The van der Waals surface area contributed by atoms with E-state index < -0.39 is 0 Å². The third-order valence-electron chi connectivity index (χ3n) is 3.77. The third kappa shape index (κ3) is 3.59. The summed E-state index contributed by atoms with van der Waals surface area (Å²) in [6.07, 6.45) is 5.77. The summed E-state index contributed by atoms with van der Waals surface area (Å²) >= 11 is 0. The summed E-state index contributed by atoms with van der Waals surface area (Å²) in [6.45, 7) is 4.11. The number of carbonyl (C=O) groups excluding carboxylic acids is 1. The van der Waals surface area contributed by atoms with Crippen molar-refractivity contribution in [2.24, 2.45) is 0 Å². The van der Waals surface area contributed by atoms with Gasteiger partial charge in [-0.1, -0.05) is 42.5 Å². The highest BCUT2D eigenvalue weighted by atomic mass is 16.2. The Labute approximate surface area is 129 Å². The van der Waals surface area contributed by atoms with Crippen LogP contribution in [0.5, 0.6) is 0 Å². The summed E-state index contributed by atoms with van der Waals surface area (Å²) in [6, 6.07) is 10.3. The molecule has 0 unspecified atom stereocenters. The van der Waals surface area contributed by atoms with Gasteiger partial charge in [0.25, 0.3) is 5.91 Å². The number of hydrogen-bond donors (Lipinski definition) is 1. The molecule has 1 aromatic heterocycles. The Bertz CT molecular complexity index is 615. The van der Waals surface area contributed by atoms with Gasteiger partial charge in [-0.2, -0.15) is 15.4 Å². The third-order valence-corrected chi connectivity index (χ3v) is 3.77. The number of nitrogens with zero attached hydrogens (tertiary/aromatic N) is 4. The first-order valence-electron chi connectivity index (χ1n) is 7.42. The molecule has 3 rings (SSSR count). The number of aromatic nitrogens is 3. The summed E-state index contributed by atoms with van der Waals surface area (Å²) in [7, 11) is 0. The monoisotopic (exact) mass is 297 g/mol. The minimum absolute atomic E-state index is 0.0479. The van der Waals surface area contributed by atoms with Gasteiger partial charge in [-0.05, 0) is 5.56 Å². The van der Waals surface area contributed by atoms with Crippen LogP contribution < -0.4 is 0 Å². The number of hydrogen-bond acceptors (Lipinski definition) is 4. The SMILES string of the molecule is O=C(c1cn[nH]n1)N1CCN(C/C=C/c2ccccc2)CC1. The van der Waals surface area contributed by atoms with Crippen molar-refractivity contribution < 1.29 is 4.79 Å². The highest BCUT2D eigenvalue weighted by Gasteiger charge is 2.22. The van der Waals surface area contributed by atoms with Gasteiger partial charge in [0, 0.05) is 32.7 Å². The molecule has 6 heteroatoms. The number of rotatable bonds is 4. The normalized spacial score (nSPS) is 16.3. The second-order valence-corrected chi connectivity index (χ2v) is 5.26. The van der Waals surface area contributed by atoms with Crippen molar-refractivity contribution in [3.05, 3.63) is 53.9 Å². The maximum absolute atomic E-state index is 12.1. The number of piperazine rings is 1. The lowest BCUT2D eigenvalue weighted by Gasteiger charge is -2.33. The van der Waals surface area contributed by atoms with E-state index in [2.05, 4.69) is 44.6 Å². The molecule has 0 radical (unpaired) electrons. The number of aromatic amines is 1. The van der Waals surface area contributed by atoms with E-state index in [0.29, 0.717) is 5.69 Å². The molecule has 22 heavy (non-hydrogen) atoms. The van der Waals surface area contributed by atoms with Gasteiger partial charge >= 0.3 is 0 Å². The van der Waals surface area contributed by atoms with Crippen LogP contribution in [-0.2, 0) is 0 Å². The summed E-state index contributed by atoms with van der Waals surface area (Å²) in [5.41, 5.74) is 1.60. The lowest BCUT2D eigenvalue weighted by molar-refractivity contribution is 0.0644. The standard InChI is InChI=1S/C16H19N5O/c22-16(15-13-17-19-18-15)21-11-9-20(10-12-21)8-4-7-14-5-2-1-3-6-14/h1-7,13H,8-12H2,(H,17,18,19)/b7-4+. The maximum atomic E-state index is 12.1. The molecule has 2 aromatic rings. The van der Waals surface area contributed by atoms with Gasteiger partial charge in [0.05, 0.1) is 6.20 Å². The van der Waals surface area contributed by atoms with Gasteiger partial charge < -0.3 is 4.90 Å². The van der Waals surface area contributed by atoms with Crippen molar-refractivity contribution >= 4 is 12.0 Å². The largest absolute Gasteiger partial charge is 0.335 e. The number of H-pyrrole nitrogens is 1. The van der Waals surface area contributed by atoms with Crippen LogP contribution in [0.4, 0.5) is 0 Å². The quantitative estimate of drug-likeness (QED) is 0.923. The molecule has 1 amide bonds. The fraction of sp³-hybridized carbons (Fsp3) is 0.312. The Kier molecular flexibility index (Phi) is 4.60. The molecule has 1 aliphatic rings. The van der Waals surface area contributed by atoms with Crippen LogP contribution in [0.2, 0.25) is 0 Å². The van der Waals surface area contributed by atoms with Gasteiger partial charge in [-0.25, -0.2) is 0 Å². The van der Waals surface area contributed by atoms with Crippen LogP contribution in [0.25, 0.3) is 6.08 Å². The molecule has 1 fully saturated rings. The molecule has 2 heterocycles. The average molecular weight is 297 g/mol. The molecule has 0 saturated carbocycles. The highest BCUT2D eigenvalue weighted by Crippen LogP contribution is 2.07. The van der Waals surface area contributed by atoms with Crippen molar-refractivity contribution in [2.75, 3.05) is 32.7 Å². The molecule has 6 nitrogen and oxygen atoms in total. The number of carbonyl (C=O) groups is 1. The minimum atomic E-state index is -0.0479.